The third kappa shape index (κ3) is 3.69. The summed E-state index contributed by atoms with van der Waals surface area (Å²) in [6, 6.07) is 12.7. The molecule has 1 aliphatic rings. The molecule has 1 aliphatic carbocycles. The summed E-state index contributed by atoms with van der Waals surface area (Å²) in [6.45, 7) is 1.81. The summed E-state index contributed by atoms with van der Waals surface area (Å²) in [7, 11) is 0. The summed E-state index contributed by atoms with van der Waals surface area (Å²) in [4.78, 5) is 30.1. The Morgan fingerprint density at radius 1 is 1.16 bits per heavy atom. The minimum atomic E-state index is -0.586. The average molecular weight is 446 g/mol. The van der Waals surface area contributed by atoms with Gasteiger partial charge in [0.15, 0.2) is 5.75 Å². The number of thiophene rings is 1. The van der Waals surface area contributed by atoms with E-state index in [0.717, 1.165) is 17.4 Å². The van der Waals surface area contributed by atoms with Crippen molar-refractivity contribution in [2.45, 2.75) is 26.2 Å². The molecule has 4 aromatic rings. The number of nitrogens with zero attached hydrogens (tertiary/aromatic N) is 2. The number of hydrogen-bond acceptors (Lipinski definition) is 7. The summed E-state index contributed by atoms with van der Waals surface area (Å²) >= 11 is 1.35. The summed E-state index contributed by atoms with van der Waals surface area (Å²) in [5, 5.41) is 7.06. The lowest BCUT2D eigenvalue weighted by Crippen LogP contribution is -2.21. The molecule has 1 N–H and O–H groups in total. The van der Waals surface area contributed by atoms with E-state index in [4.69, 9.17) is 9.15 Å². The van der Waals surface area contributed by atoms with Gasteiger partial charge >= 0.3 is 5.97 Å². The summed E-state index contributed by atoms with van der Waals surface area (Å²) in [5.41, 5.74) is 5.34. The molecular weight excluding hydrogens is 426 g/mol. The largest absolute Gasteiger partial charge is 0.453 e. The summed E-state index contributed by atoms with van der Waals surface area (Å²) in [5.74, 6) is 0.350. The Labute approximate surface area is 187 Å². The van der Waals surface area contributed by atoms with E-state index in [1.165, 1.54) is 11.3 Å². The van der Waals surface area contributed by atoms with Gasteiger partial charge in [-0.25, -0.2) is 10.2 Å². The number of pyridine rings is 1. The normalized spacial score (nSPS) is 14.3. The Balaban J connectivity index is 1.42. The second-order valence-electron chi connectivity index (χ2n) is 7.41. The van der Waals surface area contributed by atoms with Gasteiger partial charge in [0.25, 0.3) is 5.91 Å². The van der Waals surface area contributed by atoms with E-state index in [-0.39, 0.29) is 11.7 Å². The van der Waals surface area contributed by atoms with E-state index in [1.807, 2.05) is 42.6 Å². The first-order valence-electron chi connectivity index (χ1n) is 10.2. The van der Waals surface area contributed by atoms with Crippen molar-refractivity contribution in [1.29, 1.82) is 0 Å². The molecule has 0 radical (unpaired) electrons. The molecular formula is C24H19N3O4S. The second kappa shape index (κ2) is 8.39. The molecule has 3 heterocycles. The van der Waals surface area contributed by atoms with Crippen LogP contribution in [0.2, 0.25) is 0 Å². The number of aryl methyl sites for hydroxylation is 1. The standard InChI is InChI=1S/C24H19N3O4S/c1-14-20-16(26-27-23(28)19-11-5-13-32-19)8-3-9-17(20)30-22(14)24(29)31-18-10-2-6-15-7-4-12-25-21(15)18/h2,4-7,10-13H,3,8-9H2,1H3,(H,27,28)/b26-16+. The third-order valence-corrected chi connectivity index (χ3v) is 6.22. The van der Waals surface area contributed by atoms with Gasteiger partial charge < -0.3 is 9.15 Å². The Morgan fingerprint density at radius 3 is 2.88 bits per heavy atom. The predicted octanol–water partition coefficient (Wildman–Crippen LogP) is 4.89. The van der Waals surface area contributed by atoms with Crippen molar-refractivity contribution in [1.82, 2.24) is 10.4 Å². The molecule has 0 bridgehead atoms. The minimum absolute atomic E-state index is 0.141. The van der Waals surface area contributed by atoms with Gasteiger partial charge in [0.1, 0.15) is 11.3 Å². The first-order chi connectivity index (χ1) is 15.6. The van der Waals surface area contributed by atoms with E-state index in [1.54, 1.807) is 18.3 Å². The zero-order chi connectivity index (χ0) is 22.1. The molecule has 1 amide bonds. The van der Waals surface area contributed by atoms with Crippen molar-refractivity contribution in [2.24, 2.45) is 5.10 Å². The molecule has 0 fully saturated rings. The lowest BCUT2D eigenvalue weighted by molar-refractivity contribution is 0.0700. The quantitative estimate of drug-likeness (QED) is 0.274. The van der Waals surface area contributed by atoms with Crippen LogP contribution in [0.4, 0.5) is 0 Å². The van der Waals surface area contributed by atoms with Crippen molar-refractivity contribution >= 4 is 39.8 Å². The van der Waals surface area contributed by atoms with Crippen LogP contribution in [0.3, 0.4) is 0 Å². The highest BCUT2D eigenvalue weighted by Gasteiger charge is 2.29. The number of rotatable bonds is 4. The van der Waals surface area contributed by atoms with Crippen molar-refractivity contribution in [3.8, 4) is 5.75 Å². The number of furan rings is 1. The maximum Gasteiger partial charge on any atom is 0.380 e. The Bertz CT molecular complexity index is 1350. The molecule has 0 unspecified atom stereocenters. The number of carbonyl (C=O) groups excluding carboxylic acids is 2. The van der Waals surface area contributed by atoms with Gasteiger partial charge in [0.2, 0.25) is 5.76 Å². The van der Waals surface area contributed by atoms with Crippen LogP contribution in [0.1, 0.15) is 50.0 Å². The maximum absolute atomic E-state index is 13.0. The van der Waals surface area contributed by atoms with Crippen LogP contribution in [0.15, 0.2) is 63.6 Å². The molecule has 0 saturated carbocycles. The zero-order valence-corrected chi connectivity index (χ0v) is 18.1. The Kier molecular flexibility index (Phi) is 5.28. The maximum atomic E-state index is 13.0. The number of amides is 1. The van der Waals surface area contributed by atoms with Crippen LogP contribution >= 0.6 is 11.3 Å². The van der Waals surface area contributed by atoms with Crippen LogP contribution < -0.4 is 10.2 Å². The highest BCUT2D eigenvalue weighted by Crippen LogP contribution is 2.31. The van der Waals surface area contributed by atoms with E-state index in [2.05, 4.69) is 15.5 Å². The van der Waals surface area contributed by atoms with Gasteiger partial charge in [0, 0.05) is 29.1 Å². The second-order valence-corrected chi connectivity index (χ2v) is 8.35. The molecule has 32 heavy (non-hydrogen) atoms. The van der Waals surface area contributed by atoms with Gasteiger partial charge in [-0.1, -0.05) is 24.3 Å². The van der Waals surface area contributed by atoms with E-state index >= 15 is 0 Å². The van der Waals surface area contributed by atoms with Crippen LogP contribution in [-0.2, 0) is 6.42 Å². The smallest absolute Gasteiger partial charge is 0.380 e. The molecule has 1 aromatic carbocycles. The van der Waals surface area contributed by atoms with E-state index < -0.39 is 5.97 Å². The van der Waals surface area contributed by atoms with Crippen LogP contribution in [-0.4, -0.2) is 22.6 Å². The summed E-state index contributed by atoms with van der Waals surface area (Å²) < 4.78 is 11.6. The Hall–Kier alpha value is -3.78. The van der Waals surface area contributed by atoms with Crippen molar-refractivity contribution < 1.29 is 18.7 Å². The van der Waals surface area contributed by atoms with Gasteiger partial charge in [-0.15, -0.1) is 11.3 Å². The number of benzene rings is 1. The van der Waals surface area contributed by atoms with Crippen LogP contribution in [0, 0.1) is 6.92 Å². The highest BCUT2D eigenvalue weighted by atomic mass is 32.1. The predicted molar refractivity (Wildman–Crippen MR) is 121 cm³/mol. The van der Waals surface area contributed by atoms with Crippen molar-refractivity contribution in [3.63, 3.8) is 0 Å². The fourth-order valence-electron chi connectivity index (χ4n) is 3.86. The number of carbonyl (C=O) groups is 2. The average Bonchev–Trinajstić information content (AvgIpc) is 3.47. The SMILES string of the molecule is Cc1c(C(=O)Oc2cccc3cccnc23)oc2c1/C(=N/NC(=O)c1cccs1)CCC2. The molecule has 5 rings (SSSR count). The van der Waals surface area contributed by atoms with E-state index in [9.17, 15) is 9.59 Å². The number of para-hydroxylation sites is 1. The van der Waals surface area contributed by atoms with Gasteiger partial charge in [0.05, 0.1) is 10.6 Å². The topological polar surface area (TPSA) is 93.8 Å². The molecule has 8 heteroatoms. The molecule has 0 aliphatic heterocycles. The molecule has 0 saturated heterocycles. The monoisotopic (exact) mass is 445 g/mol. The van der Waals surface area contributed by atoms with Crippen molar-refractivity contribution in [3.05, 3.63) is 81.6 Å². The number of hydrogen-bond donors (Lipinski definition) is 1. The van der Waals surface area contributed by atoms with Gasteiger partial charge in [-0.05, 0) is 43.3 Å². The lowest BCUT2D eigenvalue weighted by Gasteiger charge is -2.13. The lowest BCUT2D eigenvalue weighted by atomic mass is 9.93. The molecule has 0 spiro atoms. The highest BCUT2D eigenvalue weighted by molar-refractivity contribution is 7.12. The van der Waals surface area contributed by atoms with Gasteiger partial charge in [-0.3, -0.25) is 9.78 Å². The number of fused-ring (bicyclic) bond motifs is 2. The molecule has 0 atom stereocenters. The first kappa shape index (κ1) is 20.1. The van der Waals surface area contributed by atoms with Crippen LogP contribution in [0.5, 0.6) is 5.75 Å². The zero-order valence-electron chi connectivity index (χ0n) is 17.3. The fraction of sp³-hybridized carbons (Fsp3) is 0.167. The Morgan fingerprint density at radius 2 is 2.03 bits per heavy atom. The number of aromatic nitrogens is 1. The van der Waals surface area contributed by atoms with Crippen LogP contribution in [0.25, 0.3) is 10.9 Å². The number of nitrogens with one attached hydrogen (secondary N) is 1. The third-order valence-electron chi connectivity index (χ3n) is 5.35. The number of esters is 1. The van der Waals surface area contributed by atoms with Crippen molar-refractivity contribution in [2.75, 3.05) is 0 Å². The number of hydrazone groups is 1. The summed E-state index contributed by atoms with van der Waals surface area (Å²) in [6.07, 6.45) is 3.84. The van der Waals surface area contributed by atoms with E-state index in [0.29, 0.717) is 46.0 Å². The number of ether oxygens (including phenoxy) is 1. The molecule has 160 valence electrons. The fourth-order valence-corrected chi connectivity index (χ4v) is 4.47. The molecule has 3 aromatic heterocycles. The first-order valence-corrected chi connectivity index (χ1v) is 11.1. The molecule has 7 nitrogen and oxygen atoms in total. The van der Waals surface area contributed by atoms with Gasteiger partial charge in [-0.2, -0.15) is 5.10 Å². The minimum Gasteiger partial charge on any atom is -0.453 e.